The Labute approximate surface area is 189 Å². The minimum absolute atomic E-state index is 0.0280. The fourth-order valence-electron chi connectivity index (χ4n) is 3.65. The molecule has 1 aliphatic heterocycles. The van der Waals surface area contributed by atoms with Crippen molar-refractivity contribution in [3.63, 3.8) is 0 Å². The van der Waals surface area contributed by atoms with E-state index in [1.807, 2.05) is 13.1 Å². The number of hydrogen-bond donors (Lipinski definition) is 3. The average molecular weight is 455 g/mol. The smallest absolute Gasteiger partial charge is 0.270 e. The number of nitrogens with two attached hydrogens (primary N) is 1. The Morgan fingerprint density at radius 3 is 2.94 bits per heavy atom. The van der Waals surface area contributed by atoms with E-state index in [2.05, 4.69) is 25.6 Å². The minimum Gasteiger partial charge on any atom is -0.403 e. The fraction of sp³-hybridized carbons (Fsp3) is 0.286. The molecule has 0 amide bonds. The van der Waals surface area contributed by atoms with E-state index in [1.54, 1.807) is 22.9 Å². The maximum Gasteiger partial charge on any atom is 0.270 e. The molecule has 1 aromatic carbocycles. The minimum atomic E-state index is -0.415. The molecular formula is C21H23ClN8O2. The van der Waals surface area contributed by atoms with Gasteiger partial charge in [-0.3, -0.25) is 19.7 Å². The normalized spacial score (nSPS) is 15.5. The first-order chi connectivity index (χ1) is 15.5. The quantitative estimate of drug-likeness (QED) is 0.295. The predicted molar refractivity (Wildman–Crippen MR) is 126 cm³/mol. The number of nitro groups is 1. The first-order valence-electron chi connectivity index (χ1n) is 10.2. The summed E-state index contributed by atoms with van der Waals surface area (Å²) in [6.07, 6.45) is 8.41. The van der Waals surface area contributed by atoms with Gasteiger partial charge < -0.3 is 16.4 Å². The highest BCUT2D eigenvalue weighted by Gasteiger charge is 2.16. The number of nitro benzene ring substituents is 1. The van der Waals surface area contributed by atoms with Gasteiger partial charge in [-0.2, -0.15) is 4.98 Å². The molecule has 1 saturated heterocycles. The molecule has 1 fully saturated rings. The van der Waals surface area contributed by atoms with Crippen LogP contribution in [0, 0.1) is 17.0 Å². The summed E-state index contributed by atoms with van der Waals surface area (Å²) in [5.74, 6) is 0.752. The maximum atomic E-state index is 11.1. The number of nitrogens with zero attached hydrogens (tertiary/aromatic N) is 5. The number of nitrogens with one attached hydrogen (secondary N) is 2. The molecule has 2 aromatic heterocycles. The summed E-state index contributed by atoms with van der Waals surface area (Å²) in [5.41, 5.74) is 7.98. The number of anilines is 1. The van der Waals surface area contributed by atoms with Crippen LogP contribution in [-0.2, 0) is 0 Å². The summed E-state index contributed by atoms with van der Waals surface area (Å²) in [7, 11) is 0. The van der Waals surface area contributed by atoms with E-state index >= 15 is 0 Å². The Hall–Kier alpha value is -3.50. The number of allylic oxidation sites excluding steroid dienone is 1. The van der Waals surface area contributed by atoms with Gasteiger partial charge in [-0.05, 0) is 44.5 Å². The molecule has 32 heavy (non-hydrogen) atoms. The van der Waals surface area contributed by atoms with Crippen LogP contribution in [0.3, 0.4) is 0 Å². The molecule has 0 aliphatic carbocycles. The van der Waals surface area contributed by atoms with Gasteiger partial charge in [0.2, 0.25) is 5.95 Å². The monoisotopic (exact) mass is 454 g/mol. The molecule has 0 bridgehead atoms. The third-order valence-corrected chi connectivity index (χ3v) is 5.59. The summed E-state index contributed by atoms with van der Waals surface area (Å²) >= 11 is 6.40. The summed E-state index contributed by atoms with van der Waals surface area (Å²) < 4.78 is 1.79. The van der Waals surface area contributed by atoms with Crippen LogP contribution < -0.4 is 16.4 Å². The van der Waals surface area contributed by atoms with Crippen molar-refractivity contribution < 1.29 is 4.92 Å². The van der Waals surface area contributed by atoms with Crippen molar-refractivity contribution in [2.45, 2.75) is 25.8 Å². The molecule has 166 valence electrons. The Balaban J connectivity index is 1.63. The fourth-order valence-corrected chi connectivity index (χ4v) is 3.83. The van der Waals surface area contributed by atoms with Gasteiger partial charge in [0.15, 0.2) is 5.82 Å². The second-order valence-corrected chi connectivity index (χ2v) is 7.92. The molecule has 0 atom stereocenters. The van der Waals surface area contributed by atoms with Gasteiger partial charge in [-0.15, -0.1) is 0 Å². The standard InChI is InChI=1S/C21H23ClN8O2/c1-13-12-29(19-3-2-16(30(31)32)8-17(13)19)20-18(22)11-26-21(28-20)27-15(9-23)10-25-14-4-6-24-7-5-14/h2-3,8-12,14,24H,4-7,23H2,1H3,(H,26,27,28)/b15-9+,25-10?. The van der Waals surface area contributed by atoms with Crippen molar-refractivity contribution in [2.75, 3.05) is 18.4 Å². The van der Waals surface area contributed by atoms with E-state index in [0.29, 0.717) is 22.5 Å². The summed E-state index contributed by atoms with van der Waals surface area (Å²) in [6, 6.07) is 4.94. The van der Waals surface area contributed by atoms with Gasteiger partial charge >= 0.3 is 0 Å². The predicted octanol–water partition coefficient (Wildman–Crippen LogP) is 3.33. The SMILES string of the molecule is Cc1cn(-c2nc(N/C(C=NC3CCNCC3)=C/N)ncc2Cl)c2ccc([N+](=O)[O-])cc12. The Kier molecular flexibility index (Phi) is 6.33. The topological polar surface area (TPSA) is 136 Å². The lowest BCUT2D eigenvalue weighted by atomic mass is 10.1. The molecule has 1 aliphatic rings. The molecule has 0 spiro atoms. The molecule has 11 heteroatoms. The van der Waals surface area contributed by atoms with Crippen molar-refractivity contribution in [1.82, 2.24) is 19.9 Å². The summed E-state index contributed by atoms with van der Waals surface area (Å²) in [5, 5.41) is 18.6. The number of non-ortho nitro benzene ring substituents is 1. The molecule has 3 aromatic rings. The number of benzene rings is 1. The van der Waals surface area contributed by atoms with E-state index in [1.165, 1.54) is 18.5 Å². The van der Waals surface area contributed by atoms with Gasteiger partial charge in [-0.25, -0.2) is 4.98 Å². The lowest BCUT2D eigenvalue weighted by Crippen LogP contribution is -2.30. The molecule has 4 rings (SSSR count). The number of hydrogen-bond acceptors (Lipinski definition) is 8. The highest BCUT2D eigenvalue weighted by atomic mass is 35.5. The number of aliphatic imine (C=N–C) groups is 1. The van der Waals surface area contributed by atoms with E-state index < -0.39 is 4.92 Å². The van der Waals surface area contributed by atoms with Gasteiger partial charge in [0.05, 0.1) is 28.4 Å². The number of rotatable bonds is 6. The van der Waals surface area contributed by atoms with Crippen LogP contribution in [0.4, 0.5) is 11.6 Å². The number of fused-ring (bicyclic) bond motifs is 1. The maximum absolute atomic E-state index is 11.1. The van der Waals surface area contributed by atoms with Gasteiger partial charge in [0.25, 0.3) is 5.69 Å². The number of aromatic nitrogens is 3. The zero-order valence-electron chi connectivity index (χ0n) is 17.5. The average Bonchev–Trinajstić information content (AvgIpc) is 3.14. The van der Waals surface area contributed by atoms with Crippen LogP contribution in [0.1, 0.15) is 18.4 Å². The Morgan fingerprint density at radius 2 is 2.22 bits per heavy atom. The second-order valence-electron chi connectivity index (χ2n) is 7.51. The van der Waals surface area contributed by atoms with Crippen LogP contribution in [0.15, 0.2) is 47.5 Å². The van der Waals surface area contributed by atoms with Crippen LogP contribution in [0.5, 0.6) is 0 Å². The highest BCUT2D eigenvalue weighted by Crippen LogP contribution is 2.30. The van der Waals surface area contributed by atoms with Crippen LogP contribution >= 0.6 is 11.6 Å². The highest BCUT2D eigenvalue weighted by molar-refractivity contribution is 6.32. The number of halogens is 1. The molecule has 10 nitrogen and oxygen atoms in total. The molecule has 4 N–H and O–H groups in total. The Bertz CT molecular complexity index is 1210. The van der Waals surface area contributed by atoms with Crippen molar-refractivity contribution in [3.05, 3.63) is 63.2 Å². The van der Waals surface area contributed by atoms with Gasteiger partial charge in [0, 0.05) is 36.1 Å². The third kappa shape index (κ3) is 4.56. The molecule has 0 unspecified atom stereocenters. The first-order valence-corrected chi connectivity index (χ1v) is 10.6. The number of aryl methyl sites for hydroxylation is 1. The van der Waals surface area contributed by atoms with Crippen molar-refractivity contribution in [3.8, 4) is 5.82 Å². The number of piperidine rings is 1. The zero-order chi connectivity index (χ0) is 22.7. The first kappa shape index (κ1) is 21.7. The van der Waals surface area contributed by atoms with E-state index in [0.717, 1.165) is 42.4 Å². The summed E-state index contributed by atoms with van der Waals surface area (Å²) in [6.45, 7) is 3.78. The van der Waals surface area contributed by atoms with Crippen LogP contribution in [0.25, 0.3) is 16.7 Å². The van der Waals surface area contributed by atoms with Crippen molar-refractivity contribution >= 4 is 40.4 Å². The van der Waals surface area contributed by atoms with Crippen LogP contribution in [-0.4, -0.2) is 44.8 Å². The second kappa shape index (κ2) is 9.33. The molecule has 0 radical (unpaired) electrons. The zero-order valence-corrected chi connectivity index (χ0v) is 18.2. The largest absolute Gasteiger partial charge is 0.403 e. The lowest BCUT2D eigenvalue weighted by Gasteiger charge is -2.18. The summed E-state index contributed by atoms with van der Waals surface area (Å²) in [4.78, 5) is 24.1. The molecular weight excluding hydrogens is 432 g/mol. The van der Waals surface area contributed by atoms with E-state index in [-0.39, 0.29) is 11.7 Å². The van der Waals surface area contributed by atoms with Gasteiger partial charge in [-0.1, -0.05) is 11.6 Å². The molecule has 0 saturated carbocycles. The van der Waals surface area contributed by atoms with Crippen molar-refractivity contribution in [1.29, 1.82) is 0 Å². The van der Waals surface area contributed by atoms with Gasteiger partial charge in [0.1, 0.15) is 5.02 Å². The third-order valence-electron chi connectivity index (χ3n) is 5.32. The molecule has 3 heterocycles. The van der Waals surface area contributed by atoms with E-state index in [9.17, 15) is 10.1 Å². The Morgan fingerprint density at radius 1 is 1.44 bits per heavy atom. The lowest BCUT2D eigenvalue weighted by molar-refractivity contribution is -0.384. The van der Waals surface area contributed by atoms with E-state index in [4.69, 9.17) is 17.3 Å². The van der Waals surface area contributed by atoms with Crippen LogP contribution in [0.2, 0.25) is 5.02 Å². The van der Waals surface area contributed by atoms with Crippen molar-refractivity contribution in [2.24, 2.45) is 10.7 Å².